The zero-order valence-corrected chi connectivity index (χ0v) is 10.9. The summed E-state index contributed by atoms with van der Waals surface area (Å²) in [6.07, 6.45) is -4.55. The van der Waals surface area contributed by atoms with Crippen molar-refractivity contribution in [2.75, 3.05) is 25.5 Å². The summed E-state index contributed by atoms with van der Waals surface area (Å²) in [5.74, 6) is 0. The maximum Gasteiger partial charge on any atom is 0.445 e. The van der Waals surface area contributed by atoms with Gasteiger partial charge in [-0.2, -0.15) is 13.2 Å². The minimum atomic E-state index is -4.55. The number of anilines is 1. The maximum atomic E-state index is 12.3. The van der Waals surface area contributed by atoms with E-state index in [-0.39, 0.29) is 16.5 Å². The Hall–Kier alpha value is -1.42. The molecular weight excluding hydrogens is 285 g/mol. The van der Waals surface area contributed by atoms with Crippen LogP contribution in [0.4, 0.5) is 23.1 Å². The number of urea groups is 1. The Bertz CT molecular complexity index is 484. The van der Waals surface area contributed by atoms with Crippen molar-refractivity contribution in [3.05, 3.63) is 5.01 Å². The first-order chi connectivity index (χ1) is 8.73. The first kappa shape index (κ1) is 14.0. The first-order valence-corrected chi connectivity index (χ1v) is 6.07. The standard InChI is InChI=1S/C9H11F3N4O2S/c1-8(18-2)3-16(4-8)7(17)13-6-15-14-5(19-6)9(10,11)12/h3-4H2,1-2H3,(H,13,15,17). The summed E-state index contributed by atoms with van der Waals surface area (Å²) in [5.41, 5.74) is -0.393. The first-order valence-electron chi connectivity index (χ1n) is 5.25. The van der Waals surface area contributed by atoms with Crippen LogP contribution >= 0.6 is 11.3 Å². The molecule has 1 N–H and O–H groups in total. The highest BCUT2D eigenvalue weighted by molar-refractivity contribution is 7.15. The predicted molar refractivity (Wildman–Crippen MR) is 60.9 cm³/mol. The molecule has 19 heavy (non-hydrogen) atoms. The fraction of sp³-hybridized carbons (Fsp3) is 0.667. The highest BCUT2D eigenvalue weighted by Gasteiger charge is 2.42. The van der Waals surface area contributed by atoms with E-state index in [1.54, 1.807) is 0 Å². The summed E-state index contributed by atoms with van der Waals surface area (Å²) in [4.78, 5) is 13.1. The van der Waals surface area contributed by atoms with Crippen molar-refractivity contribution in [1.29, 1.82) is 0 Å². The SMILES string of the molecule is COC1(C)CN(C(=O)Nc2nnc(C(F)(F)F)s2)C1. The number of halogens is 3. The van der Waals surface area contributed by atoms with Crippen LogP contribution < -0.4 is 5.32 Å². The van der Waals surface area contributed by atoms with E-state index in [9.17, 15) is 18.0 Å². The maximum absolute atomic E-state index is 12.3. The van der Waals surface area contributed by atoms with Crippen LogP contribution in [0.25, 0.3) is 0 Å². The molecule has 0 unspecified atom stereocenters. The van der Waals surface area contributed by atoms with Crippen molar-refractivity contribution in [3.63, 3.8) is 0 Å². The molecule has 0 aliphatic carbocycles. The molecule has 2 amide bonds. The van der Waals surface area contributed by atoms with Gasteiger partial charge in [-0.25, -0.2) is 4.79 Å². The Morgan fingerprint density at radius 3 is 2.58 bits per heavy atom. The van der Waals surface area contributed by atoms with E-state index in [0.717, 1.165) is 0 Å². The lowest BCUT2D eigenvalue weighted by Crippen LogP contribution is -2.63. The number of methoxy groups -OCH3 is 1. The van der Waals surface area contributed by atoms with Gasteiger partial charge in [0, 0.05) is 7.11 Å². The molecule has 2 heterocycles. The third kappa shape index (κ3) is 2.95. The minimum Gasteiger partial charge on any atom is -0.375 e. The Balaban J connectivity index is 1.92. The van der Waals surface area contributed by atoms with Gasteiger partial charge in [-0.3, -0.25) is 5.32 Å². The smallest absolute Gasteiger partial charge is 0.375 e. The second-order valence-corrected chi connectivity index (χ2v) is 5.33. The van der Waals surface area contributed by atoms with Crippen LogP contribution in [0, 0.1) is 0 Å². The molecular formula is C9H11F3N4O2S. The predicted octanol–water partition coefficient (Wildman–Crippen LogP) is 1.81. The van der Waals surface area contributed by atoms with Gasteiger partial charge >= 0.3 is 12.2 Å². The molecule has 1 saturated heterocycles. The summed E-state index contributed by atoms with van der Waals surface area (Å²) in [6.45, 7) is 2.59. The average molecular weight is 296 g/mol. The second-order valence-electron chi connectivity index (χ2n) is 4.35. The molecule has 10 heteroatoms. The number of rotatable bonds is 2. The Morgan fingerprint density at radius 2 is 2.11 bits per heavy atom. The number of nitrogens with zero attached hydrogens (tertiary/aromatic N) is 3. The van der Waals surface area contributed by atoms with Gasteiger partial charge in [-0.1, -0.05) is 11.3 Å². The van der Waals surface area contributed by atoms with Crippen LogP contribution in [0.2, 0.25) is 0 Å². The third-order valence-corrected chi connectivity index (χ3v) is 3.60. The number of carbonyl (C=O) groups is 1. The number of likely N-dealkylation sites (tertiary alicyclic amines) is 1. The number of hydrogen-bond donors (Lipinski definition) is 1. The van der Waals surface area contributed by atoms with Gasteiger partial charge in [-0.15, -0.1) is 10.2 Å². The molecule has 0 bridgehead atoms. The normalized spacial score (nSPS) is 18.1. The summed E-state index contributed by atoms with van der Waals surface area (Å²) in [6, 6.07) is -0.514. The molecule has 1 fully saturated rings. The largest absolute Gasteiger partial charge is 0.445 e. The Kier molecular flexibility index (Phi) is 3.39. The number of nitrogens with one attached hydrogen (secondary N) is 1. The monoisotopic (exact) mass is 296 g/mol. The van der Waals surface area contributed by atoms with E-state index in [0.29, 0.717) is 13.1 Å². The second kappa shape index (κ2) is 4.60. The highest BCUT2D eigenvalue weighted by atomic mass is 32.1. The van der Waals surface area contributed by atoms with Gasteiger partial charge in [-0.05, 0) is 6.92 Å². The zero-order chi connectivity index (χ0) is 14.3. The molecule has 106 valence electrons. The average Bonchev–Trinajstić information content (AvgIpc) is 2.72. The van der Waals surface area contributed by atoms with Crippen LogP contribution in [0.1, 0.15) is 11.9 Å². The third-order valence-electron chi connectivity index (χ3n) is 2.71. The molecule has 0 spiro atoms. The molecule has 6 nitrogen and oxygen atoms in total. The van der Waals surface area contributed by atoms with E-state index in [2.05, 4.69) is 15.5 Å². The fourth-order valence-electron chi connectivity index (χ4n) is 1.59. The quantitative estimate of drug-likeness (QED) is 0.904. The number of aromatic nitrogens is 2. The van der Waals surface area contributed by atoms with E-state index in [4.69, 9.17) is 4.74 Å². The lowest BCUT2D eigenvalue weighted by Gasteiger charge is -2.46. The molecule has 0 aromatic carbocycles. The molecule has 1 aliphatic rings. The van der Waals surface area contributed by atoms with Crippen LogP contribution in [0.5, 0.6) is 0 Å². The number of ether oxygens (including phenoxy) is 1. The van der Waals surface area contributed by atoms with Crippen molar-refractivity contribution in [1.82, 2.24) is 15.1 Å². The van der Waals surface area contributed by atoms with Gasteiger partial charge in [0.2, 0.25) is 10.1 Å². The molecule has 1 aromatic heterocycles. The molecule has 1 aliphatic heterocycles. The number of alkyl halides is 3. The summed E-state index contributed by atoms with van der Waals surface area (Å²) >= 11 is 0.289. The number of carbonyl (C=O) groups excluding carboxylic acids is 1. The van der Waals surface area contributed by atoms with E-state index in [1.165, 1.54) is 12.0 Å². The summed E-state index contributed by atoms with van der Waals surface area (Å²) < 4.78 is 42.0. The van der Waals surface area contributed by atoms with Gasteiger partial charge in [0.1, 0.15) is 5.60 Å². The fourth-order valence-corrected chi connectivity index (χ4v) is 2.19. The number of hydrogen-bond acceptors (Lipinski definition) is 5. The molecule has 0 radical (unpaired) electrons. The van der Waals surface area contributed by atoms with E-state index < -0.39 is 22.8 Å². The van der Waals surface area contributed by atoms with E-state index in [1.807, 2.05) is 6.92 Å². The number of amides is 2. The molecule has 0 saturated carbocycles. The van der Waals surface area contributed by atoms with E-state index >= 15 is 0 Å². The van der Waals surface area contributed by atoms with Crippen LogP contribution in [0.3, 0.4) is 0 Å². The highest BCUT2D eigenvalue weighted by Crippen LogP contribution is 2.33. The lowest BCUT2D eigenvalue weighted by molar-refractivity contribution is -0.138. The molecule has 0 atom stereocenters. The topological polar surface area (TPSA) is 67.3 Å². The zero-order valence-electron chi connectivity index (χ0n) is 10.1. The molecule has 1 aromatic rings. The van der Waals surface area contributed by atoms with Crippen LogP contribution in [-0.4, -0.2) is 46.9 Å². The van der Waals surface area contributed by atoms with Crippen molar-refractivity contribution in [2.45, 2.75) is 18.7 Å². The van der Waals surface area contributed by atoms with Crippen molar-refractivity contribution < 1.29 is 22.7 Å². The summed E-state index contributed by atoms with van der Waals surface area (Å²) in [7, 11) is 1.54. The van der Waals surface area contributed by atoms with Crippen molar-refractivity contribution in [2.24, 2.45) is 0 Å². The van der Waals surface area contributed by atoms with Gasteiger partial charge in [0.25, 0.3) is 0 Å². The minimum absolute atomic E-state index is 0.177. The van der Waals surface area contributed by atoms with Gasteiger partial charge in [0.15, 0.2) is 0 Å². The summed E-state index contributed by atoms with van der Waals surface area (Å²) in [5, 5.41) is 7.26. The van der Waals surface area contributed by atoms with Crippen molar-refractivity contribution >= 4 is 22.5 Å². The van der Waals surface area contributed by atoms with Crippen molar-refractivity contribution in [3.8, 4) is 0 Å². The Labute approximate surface area is 110 Å². The lowest BCUT2D eigenvalue weighted by atomic mass is 9.97. The Morgan fingerprint density at radius 1 is 1.47 bits per heavy atom. The van der Waals surface area contributed by atoms with Gasteiger partial charge < -0.3 is 9.64 Å². The van der Waals surface area contributed by atoms with Crippen LogP contribution in [0.15, 0.2) is 0 Å². The van der Waals surface area contributed by atoms with Gasteiger partial charge in [0.05, 0.1) is 13.1 Å². The molecule has 2 rings (SSSR count). The van der Waals surface area contributed by atoms with Crippen LogP contribution in [-0.2, 0) is 10.9 Å².